The van der Waals surface area contributed by atoms with Crippen molar-refractivity contribution in [1.82, 2.24) is 10.2 Å². The van der Waals surface area contributed by atoms with Gasteiger partial charge in [0.05, 0.1) is 0 Å². The van der Waals surface area contributed by atoms with Crippen molar-refractivity contribution in [2.75, 3.05) is 13.1 Å². The van der Waals surface area contributed by atoms with Crippen LogP contribution in [-0.2, 0) is 0 Å². The Balaban J connectivity index is 2.07. The summed E-state index contributed by atoms with van der Waals surface area (Å²) in [6.45, 7) is 11.5. The van der Waals surface area contributed by atoms with Crippen molar-refractivity contribution < 1.29 is 0 Å². The molecule has 3 heteroatoms. The maximum Gasteiger partial charge on any atom is 0.0406 e. The van der Waals surface area contributed by atoms with Gasteiger partial charge in [-0.05, 0) is 50.4 Å². The van der Waals surface area contributed by atoms with Crippen LogP contribution in [-0.4, -0.2) is 30.1 Å². The van der Waals surface area contributed by atoms with Crippen molar-refractivity contribution in [3.05, 3.63) is 34.9 Å². The average molecular weight is 295 g/mol. The number of hydrogen-bond acceptors (Lipinski definition) is 2. The third kappa shape index (κ3) is 3.36. The second-order valence-corrected chi connectivity index (χ2v) is 6.45. The SMILES string of the molecule is CCNC1CCN(C(C)c2ccc(Cl)cc2)C(C)C1C. The van der Waals surface area contributed by atoms with Gasteiger partial charge in [0.15, 0.2) is 0 Å². The largest absolute Gasteiger partial charge is 0.314 e. The van der Waals surface area contributed by atoms with E-state index < -0.39 is 0 Å². The zero-order valence-corrected chi connectivity index (χ0v) is 13.8. The summed E-state index contributed by atoms with van der Waals surface area (Å²) in [5.74, 6) is 0.679. The van der Waals surface area contributed by atoms with E-state index in [2.05, 4.69) is 50.0 Å². The van der Waals surface area contributed by atoms with Crippen LogP contribution in [0.1, 0.15) is 45.7 Å². The molecule has 1 heterocycles. The van der Waals surface area contributed by atoms with Gasteiger partial charge >= 0.3 is 0 Å². The minimum Gasteiger partial charge on any atom is -0.314 e. The van der Waals surface area contributed by atoms with E-state index in [1.54, 1.807) is 0 Å². The van der Waals surface area contributed by atoms with Crippen LogP contribution < -0.4 is 5.32 Å². The minimum absolute atomic E-state index is 0.451. The lowest BCUT2D eigenvalue weighted by atomic mass is 9.85. The molecule has 0 saturated carbocycles. The van der Waals surface area contributed by atoms with Crippen LogP contribution >= 0.6 is 11.6 Å². The van der Waals surface area contributed by atoms with Gasteiger partial charge in [-0.3, -0.25) is 4.90 Å². The molecule has 1 saturated heterocycles. The van der Waals surface area contributed by atoms with Crippen molar-refractivity contribution in [2.45, 2.75) is 52.2 Å². The van der Waals surface area contributed by atoms with Crippen LogP contribution in [0.25, 0.3) is 0 Å². The summed E-state index contributed by atoms with van der Waals surface area (Å²) in [5, 5.41) is 4.44. The summed E-state index contributed by atoms with van der Waals surface area (Å²) in [4.78, 5) is 2.63. The summed E-state index contributed by atoms with van der Waals surface area (Å²) >= 11 is 5.99. The molecule has 1 fully saturated rings. The molecular weight excluding hydrogens is 268 g/mol. The summed E-state index contributed by atoms with van der Waals surface area (Å²) in [7, 11) is 0. The highest BCUT2D eigenvalue weighted by Gasteiger charge is 2.34. The van der Waals surface area contributed by atoms with Gasteiger partial charge in [-0.15, -0.1) is 0 Å². The van der Waals surface area contributed by atoms with Crippen LogP contribution in [0.3, 0.4) is 0 Å². The molecule has 1 N–H and O–H groups in total. The predicted molar refractivity (Wildman–Crippen MR) is 87.3 cm³/mol. The summed E-state index contributed by atoms with van der Waals surface area (Å²) in [6, 6.07) is 10.00. The Labute approximate surface area is 128 Å². The van der Waals surface area contributed by atoms with Crippen LogP contribution in [0.15, 0.2) is 24.3 Å². The quantitative estimate of drug-likeness (QED) is 0.899. The summed E-state index contributed by atoms with van der Waals surface area (Å²) in [5.41, 5.74) is 1.36. The highest BCUT2D eigenvalue weighted by Crippen LogP contribution is 2.31. The molecule has 0 aliphatic carbocycles. The molecule has 1 aromatic carbocycles. The van der Waals surface area contributed by atoms with E-state index in [1.165, 1.54) is 12.0 Å². The van der Waals surface area contributed by atoms with Gasteiger partial charge in [-0.1, -0.05) is 37.6 Å². The van der Waals surface area contributed by atoms with Gasteiger partial charge in [0.1, 0.15) is 0 Å². The Hall–Kier alpha value is -0.570. The molecule has 0 aromatic heterocycles. The second kappa shape index (κ2) is 6.93. The first kappa shape index (κ1) is 15.8. The van der Waals surface area contributed by atoms with E-state index in [4.69, 9.17) is 11.6 Å². The van der Waals surface area contributed by atoms with Gasteiger partial charge < -0.3 is 5.32 Å². The molecule has 4 unspecified atom stereocenters. The smallest absolute Gasteiger partial charge is 0.0406 e. The number of rotatable bonds is 4. The monoisotopic (exact) mass is 294 g/mol. The Morgan fingerprint density at radius 3 is 2.55 bits per heavy atom. The lowest BCUT2D eigenvalue weighted by Crippen LogP contribution is -2.53. The zero-order chi connectivity index (χ0) is 14.7. The molecule has 1 aliphatic rings. The molecule has 2 rings (SSSR count). The van der Waals surface area contributed by atoms with Gasteiger partial charge in [0, 0.05) is 29.7 Å². The number of nitrogens with zero attached hydrogens (tertiary/aromatic N) is 1. The van der Waals surface area contributed by atoms with Crippen molar-refractivity contribution in [3.63, 3.8) is 0 Å². The summed E-state index contributed by atoms with van der Waals surface area (Å²) in [6.07, 6.45) is 1.23. The Morgan fingerprint density at radius 2 is 1.95 bits per heavy atom. The molecule has 20 heavy (non-hydrogen) atoms. The number of benzene rings is 1. The van der Waals surface area contributed by atoms with Gasteiger partial charge in [0.25, 0.3) is 0 Å². The molecule has 2 nitrogen and oxygen atoms in total. The van der Waals surface area contributed by atoms with Crippen LogP contribution in [0.2, 0.25) is 5.02 Å². The molecule has 0 radical (unpaired) electrons. The first-order valence-corrected chi connectivity index (χ1v) is 8.17. The Bertz CT molecular complexity index is 418. The topological polar surface area (TPSA) is 15.3 Å². The Morgan fingerprint density at radius 1 is 1.30 bits per heavy atom. The molecule has 0 bridgehead atoms. The number of piperidine rings is 1. The Kier molecular flexibility index (Phi) is 5.48. The second-order valence-electron chi connectivity index (χ2n) is 6.02. The van der Waals surface area contributed by atoms with E-state index >= 15 is 0 Å². The van der Waals surface area contributed by atoms with Crippen LogP contribution in [0.5, 0.6) is 0 Å². The molecule has 0 spiro atoms. The minimum atomic E-state index is 0.451. The third-order valence-electron chi connectivity index (χ3n) is 4.93. The van der Waals surface area contributed by atoms with Gasteiger partial charge in [-0.2, -0.15) is 0 Å². The molecule has 1 aliphatic heterocycles. The first-order valence-electron chi connectivity index (χ1n) is 7.79. The molecule has 1 aromatic rings. The first-order chi connectivity index (χ1) is 9.54. The van der Waals surface area contributed by atoms with E-state index in [-0.39, 0.29) is 0 Å². The molecule has 0 amide bonds. The van der Waals surface area contributed by atoms with Crippen LogP contribution in [0, 0.1) is 5.92 Å². The van der Waals surface area contributed by atoms with Crippen molar-refractivity contribution in [2.24, 2.45) is 5.92 Å². The predicted octanol–water partition coefficient (Wildman–Crippen LogP) is 4.11. The summed E-state index contributed by atoms with van der Waals surface area (Å²) < 4.78 is 0. The van der Waals surface area contributed by atoms with E-state index in [0.717, 1.165) is 18.1 Å². The zero-order valence-electron chi connectivity index (χ0n) is 13.1. The number of halogens is 1. The van der Waals surface area contributed by atoms with Gasteiger partial charge in [0.2, 0.25) is 0 Å². The lowest BCUT2D eigenvalue weighted by molar-refractivity contribution is 0.0529. The molecular formula is C17H27ClN2. The van der Waals surface area contributed by atoms with Crippen molar-refractivity contribution in [3.8, 4) is 0 Å². The maximum atomic E-state index is 5.99. The van der Waals surface area contributed by atoms with Crippen LogP contribution in [0.4, 0.5) is 0 Å². The molecule has 4 atom stereocenters. The standard InChI is InChI=1S/C17H27ClN2/c1-5-19-17-10-11-20(13(3)12(17)2)14(4)15-6-8-16(18)9-7-15/h6-9,12-14,17,19H,5,10-11H2,1-4H3. The maximum absolute atomic E-state index is 5.99. The van der Waals surface area contributed by atoms with E-state index in [9.17, 15) is 0 Å². The normalized spacial score (nSPS) is 29.4. The van der Waals surface area contributed by atoms with E-state index in [0.29, 0.717) is 24.0 Å². The average Bonchev–Trinajstić information content (AvgIpc) is 2.44. The number of hydrogen-bond donors (Lipinski definition) is 1. The number of nitrogens with one attached hydrogen (secondary N) is 1. The molecule has 112 valence electrons. The van der Waals surface area contributed by atoms with Crippen molar-refractivity contribution in [1.29, 1.82) is 0 Å². The van der Waals surface area contributed by atoms with E-state index in [1.807, 2.05) is 12.1 Å². The third-order valence-corrected chi connectivity index (χ3v) is 5.19. The fourth-order valence-electron chi connectivity index (χ4n) is 3.42. The lowest BCUT2D eigenvalue weighted by Gasteiger charge is -2.46. The highest BCUT2D eigenvalue weighted by atomic mass is 35.5. The fraction of sp³-hybridized carbons (Fsp3) is 0.647. The highest BCUT2D eigenvalue weighted by molar-refractivity contribution is 6.30. The number of likely N-dealkylation sites (tertiary alicyclic amines) is 1. The fourth-order valence-corrected chi connectivity index (χ4v) is 3.55. The van der Waals surface area contributed by atoms with Crippen molar-refractivity contribution >= 4 is 11.6 Å². The van der Waals surface area contributed by atoms with Gasteiger partial charge in [-0.25, -0.2) is 0 Å².